The molecule has 0 spiro atoms. The molecule has 1 aromatic rings. The highest BCUT2D eigenvalue weighted by molar-refractivity contribution is 6.35. The Bertz CT molecular complexity index is 627. The van der Waals surface area contributed by atoms with Crippen LogP contribution in [0.4, 0.5) is 10.5 Å². The average molecular weight is 343 g/mol. The number of nitrogens with zero attached hydrogens (tertiary/aromatic N) is 1. The third-order valence-electron chi connectivity index (χ3n) is 2.88. The van der Waals surface area contributed by atoms with Gasteiger partial charge in [0.15, 0.2) is 0 Å². The number of carbonyl (C=O) groups is 3. The summed E-state index contributed by atoms with van der Waals surface area (Å²) in [7, 11) is 0. The van der Waals surface area contributed by atoms with Crippen LogP contribution in [0.25, 0.3) is 0 Å². The fourth-order valence-electron chi connectivity index (χ4n) is 2.00. The van der Waals surface area contributed by atoms with Crippen LogP contribution in [0.3, 0.4) is 0 Å². The van der Waals surface area contributed by atoms with Gasteiger partial charge in [0.25, 0.3) is 5.91 Å². The monoisotopic (exact) mass is 342 g/mol. The molecular weight excluding hydrogens is 331 g/mol. The third-order valence-corrected chi connectivity index (χ3v) is 3.31. The second-order valence-corrected chi connectivity index (χ2v) is 5.36. The fourth-order valence-corrected chi connectivity index (χ4v) is 2.52. The molecule has 6 nitrogen and oxygen atoms in total. The number of amides is 3. The maximum Gasteiger partial charge on any atom is 0.408 e. The number of hydrogen-bond acceptors (Lipinski definition) is 4. The third kappa shape index (κ3) is 3.58. The second-order valence-electron chi connectivity index (χ2n) is 4.48. The molecule has 1 saturated heterocycles. The fraction of sp³-hybridized carbons (Fsp3) is 0.214. The zero-order chi connectivity index (χ0) is 16.3. The van der Waals surface area contributed by atoms with Crippen molar-refractivity contribution in [3.63, 3.8) is 0 Å². The van der Waals surface area contributed by atoms with Gasteiger partial charge in [-0.1, -0.05) is 35.9 Å². The first-order chi connectivity index (χ1) is 10.4. The molecule has 0 radical (unpaired) electrons. The van der Waals surface area contributed by atoms with Crippen LogP contribution in [0, 0.1) is 0 Å². The lowest BCUT2D eigenvalue weighted by Gasteiger charge is -2.16. The van der Waals surface area contributed by atoms with Crippen LogP contribution in [0.1, 0.15) is 6.42 Å². The Hall–Kier alpha value is -2.05. The number of rotatable bonds is 4. The Labute approximate surface area is 136 Å². The Kier molecular flexibility index (Phi) is 5.05. The number of benzene rings is 1. The van der Waals surface area contributed by atoms with Crippen LogP contribution in [0.5, 0.6) is 0 Å². The van der Waals surface area contributed by atoms with E-state index in [4.69, 9.17) is 27.9 Å². The lowest BCUT2D eigenvalue weighted by Crippen LogP contribution is -2.42. The molecule has 0 bridgehead atoms. The maximum atomic E-state index is 12.3. The first kappa shape index (κ1) is 16.3. The number of nitrogens with one attached hydrogen (secondary N) is 1. The molecule has 2 rings (SSSR count). The summed E-state index contributed by atoms with van der Waals surface area (Å²) >= 11 is 11.7. The topological polar surface area (TPSA) is 75.7 Å². The Morgan fingerprint density at radius 1 is 1.36 bits per heavy atom. The van der Waals surface area contributed by atoms with E-state index in [1.54, 1.807) is 0 Å². The number of anilines is 1. The average Bonchev–Trinajstić information content (AvgIpc) is 2.70. The van der Waals surface area contributed by atoms with E-state index in [-0.39, 0.29) is 18.7 Å². The quantitative estimate of drug-likeness (QED) is 0.673. The number of carbonyl (C=O) groups excluding carboxylic acids is 3. The molecule has 22 heavy (non-hydrogen) atoms. The Morgan fingerprint density at radius 2 is 2.00 bits per heavy atom. The van der Waals surface area contributed by atoms with Crippen LogP contribution in [0.15, 0.2) is 30.9 Å². The van der Waals surface area contributed by atoms with Gasteiger partial charge in [0.2, 0.25) is 5.91 Å². The van der Waals surface area contributed by atoms with Gasteiger partial charge in [0.05, 0.1) is 12.1 Å². The molecule has 0 aromatic heterocycles. The van der Waals surface area contributed by atoms with Gasteiger partial charge in [-0.15, -0.1) is 0 Å². The van der Waals surface area contributed by atoms with E-state index in [2.05, 4.69) is 11.9 Å². The standard InChI is InChI=1S/C14H12Cl2N2O4/c1-2-3-22-14(21)17-11-7-12(19)18(13(11)20)10-5-8(15)4-9(16)6-10/h2,4-6,11H,1,3,7H2,(H,17,21). The molecule has 1 N–H and O–H groups in total. The predicted octanol–water partition coefficient (Wildman–Crippen LogP) is 2.54. The summed E-state index contributed by atoms with van der Waals surface area (Å²) in [5.74, 6) is -1.03. The van der Waals surface area contributed by atoms with E-state index in [9.17, 15) is 14.4 Å². The van der Waals surface area contributed by atoms with E-state index in [1.807, 2.05) is 0 Å². The van der Waals surface area contributed by atoms with Gasteiger partial charge in [-0.25, -0.2) is 9.69 Å². The van der Waals surface area contributed by atoms with E-state index in [0.29, 0.717) is 10.0 Å². The van der Waals surface area contributed by atoms with Crippen molar-refractivity contribution in [2.45, 2.75) is 12.5 Å². The Morgan fingerprint density at radius 3 is 2.59 bits per heavy atom. The van der Waals surface area contributed by atoms with Crippen molar-refractivity contribution in [3.8, 4) is 0 Å². The molecule has 116 valence electrons. The van der Waals surface area contributed by atoms with Crippen LogP contribution in [0.2, 0.25) is 10.0 Å². The molecule has 1 aliphatic heterocycles. The van der Waals surface area contributed by atoms with Gasteiger partial charge in [0, 0.05) is 10.0 Å². The second kappa shape index (κ2) is 6.81. The van der Waals surface area contributed by atoms with E-state index >= 15 is 0 Å². The van der Waals surface area contributed by atoms with Crippen LogP contribution < -0.4 is 10.2 Å². The van der Waals surface area contributed by atoms with Crippen molar-refractivity contribution in [1.82, 2.24) is 5.32 Å². The van der Waals surface area contributed by atoms with Crippen LogP contribution in [-0.4, -0.2) is 30.6 Å². The molecule has 3 amide bonds. The minimum absolute atomic E-state index is 0.00824. The van der Waals surface area contributed by atoms with Crippen molar-refractivity contribution in [3.05, 3.63) is 40.9 Å². The van der Waals surface area contributed by atoms with Gasteiger partial charge in [0.1, 0.15) is 12.6 Å². The smallest absolute Gasteiger partial charge is 0.408 e. The van der Waals surface area contributed by atoms with E-state index in [1.165, 1.54) is 24.3 Å². The molecule has 1 aliphatic rings. The highest BCUT2D eigenvalue weighted by atomic mass is 35.5. The number of halogens is 2. The molecule has 1 fully saturated rings. The molecule has 1 unspecified atom stereocenters. The molecule has 1 atom stereocenters. The SMILES string of the molecule is C=CCOC(=O)NC1CC(=O)N(c2cc(Cl)cc(Cl)c2)C1=O. The molecule has 1 heterocycles. The Balaban J connectivity index is 2.15. The zero-order valence-electron chi connectivity index (χ0n) is 11.3. The van der Waals surface area contributed by atoms with Crippen molar-refractivity contribution in [2.24, 2.45) is 0 Å². The van der Waals surface area contributed by atoms with Crippen LogP contribution >= 0.6 is 23.2 Å². The van der Waals surface area contributed by atoms with E-state index < -0.39 is 23.9 Å². The minimum Gasteiger partial charge on any atom is -0.445 e. The number of alkyl carbamates (subject to hydrolysis) is 1. The molecule has 0 saturated carbocycles. The largest absolute Gasteiger partial charge is 0.445 e. The minimum atomic E-state index is -0.984. The van der Waals surface area contributed by atoms with Gasteiger partial charge in [-0.05, 0) is 18.2 Å². The zero-order valence-corrected chi connectivity index (χ0v) is 12.9. The molecule has 8 heteroatoms. The summed E-state index contributed by atoms with van der Waals surface area (Å²) in [5.41, 5.74) is 0.260. The van der Waals surface area contributed by atoms with Crippen molar-refractivity contribution in [2.75, 3.05) is 11.5 Å². The molecule has 1 aromatic carbocycles. The normalized spacial score (nSPS) is 17.5. The summed E-state index contributed by atoms with van der Waals surface area (Å²) in [4.78, 5) is 36.7. The van der Waals surface area contributed by atoms with Crippen molar-refractivity contribution >= 4 is 46.8 Å². The summed E-state index contributed by atoms with van der Waals surface area (Å²) < 4.78 is 4.72. The molecule has 0 aliphatic carbocycles. The van der Waals surface area contributed by atoms with E-state index in [0.717, 1.165) is 4.90 Å². The lowest BCUT2D eigenvalue weighted by molar-refractivity contribution is -0.121. The number of hydrogen-bond donors (Lipinski definition) is 1. The highest BCUT2D eigenvalue weighted by Gasteiger charge is 2.40. The van der Waals surface area contributed by atoms with Crippen LogP contribution in [-0.2, 0) is 14.3 Å². The summed E-state index contributed by atoms with van der Waals surface area (Å²) in [6.07, 6.45) is 0.435. The lowest BCUT2D eigenvalue weighted by atomic mass is 10.2. The van der Waals surface area contributed by atoms with Crippen molar-refractivity contribution < 1.29 is 19.1 Å². The van der Waals surface area contributed by atoms with Gasteiger partial charge >= 0.3 is 6.09 Å². The highest BCUT2D eigenvalue weighted by Crippen LogP contribution is 2.29. The predicted molar refractivity (Wildman–Crippen MR) is 82.0 cm³/mol. The van der Waals surface area contributed by atoms with Gasteiger partial charge in [-0.3, -0.25) is 9.59 Å². The summed E-state index contributed by atoms with van der Waals surface area (Å²) in [6, 6.07) is 3.39. The molecular formula is C14H12Cl2N2O4. The maximum absolute atomic E-state index is 12.3. The number of ether oxygens (including phenoxy) is 1. The van der Waals surface area contributed by atoms with Gasteiger partial charge in [-0.2, -0.15) is 0 Å². The van der Waals surface area contributed by atoms with Crippen molar-refractivity contribution in [1.29, 1.82) is 0 Å². The first-order valence-electron chi connectivity index (χ1n) is 6.29. The number of imide groups is 1. The summed E-state index contributed by atoms with van der Waals surface area (Å²) in [5, 5.41) is 2.93. The van der Waals surface area contributed by atoms with Gasteiger partial charge < -0.3 is 10.1 Å². The summed E-state index contributed by atoms with van der Waals surface area (Å²) in [6.45, 7) is 3.41. The first-order valence-corrected chi connectivity index (χ1v) is 7.05.